The van der Waals surface area contributed by atoms with Crippen LogP contribution in [0.3, 0.4) is 0 Å². The number of hydrogen-bond acceptors (Lipinski definition) is 4. The van der Waals surface area contributed by atoms with Crippen molar-refractivity contribution in [3.8, 4) is 0 Å². The number of carbonyl (C=O) groups excluding carboxylic acids is 1. The molecule has 106 valence electrons. The SMILES string of the molecule is Nc1c(C(=O)Nc2cc(F)cc(F)c2)sc2ncccc12. The summed E-state index contributed by atoms with van der Waals surface area (Å²) in [6.45, 7) is 0. The van der Waals surface area contributed by atoms with E-state index < -0.39 is 17.5 Å². The number of rotatable bonds is 2. The topological polar surface area (TPSA) is 68.0 Å². The van der Waals surface area contributed by atoms with Gasteiger partial charge in [0.1, 0.15) is 21.3 Å². The second-order valence-electron chi connectivity index (χ2n) is 4.31. The summed E-state index contributed by atoms with van der Waals surface area (Å²) in [5.74, 6) is -2.06. The van der Waals surface area contributed by atoms with Crippen LogP contribution in [0.25, 0.3) is 10.2 Å². The van der Waals surface area contributed by atoms with Crippen molar-refractivity contribution in [3.05, 3.63) is 53.0 Å². The van der Waals surface area contributed by atoms with Crippen LogP contribution in [-0.4, -0.2) is 10.9 Å². The average Bonchev–Trinajstić information content (AvgIpc) is 2.76. The molecule has 2 aromatic heterocycles. The Morgan fingerprint density at radius 1 is 1.24 bits per heavy atom. The minimum atomic E-state index is -0.767. The van der Waals surface area contributed by atoms with Gasteiger partial charge in [-0.2, -0.15) is 0 Å². The summed E-state index contributed by atoms with van der Waals surface area (Å²) in [4.78, 5) is 17.2. The molecule has 1 aromatic carbocycles. The quantitative estimate of drug-likeness (QED) is 0.762. The van der Waals surface area contributed by atoms with Crippen LogP contribution in [0.4, 0.5) is 20.2 Å². The third-order valence-corrected chi connectivity index (χ3v) is 3.96. The number of aromatic nitrogens is 1. The first-order valence-electron chi connectivity index (χ1n) is 5.95. The fourth-order valence-electron chi connectivity index (χ4n) is 1.93. The molecular formula is C14H9F2N3OS. The molecule has 7 heteroatoms. The Balaban J connectivity index is 1.95. The summed E-state index contributed by atoms with van der Waals surface area (Å²) >= 11 is 1.12. The van der Waals surface area contributed by atoms with E-state index in [-0.39, 0.29) is 10.6 Å². The highest BCUT2D eigenvalue weighted by Gasteiger charge is 2.17. The number of pyridine rings is 1. The van der Waals surface area contributed by atoms with E-state index >= 15 is 0 Å². The molecule has 0 atom stereocenters. The van der Waals surface area contributed by atoms with E-state index in [0.29, 0.717) is 15.9 Å². The first-order chi connectivity index (χ1) is 10.0. The predicted molar refractivity (Wildman–Crippen MR) is 78.3 cm³/mol. The van der Waals surface area contributed by atoms with Crippen LogP contribution in [0, 0.1) is 11.6 Å². The van der Waals surface area contributed by atoms with Gasteiger partial charge in [0.05, 0.1) is 5.69 Å². The summed E-state index contributed by atoms with van der Waals surface area (Å²) in [5.41, 5.74) is 6.25. The van der Waals surface area contributed by atoms with Gasteiger partial charge in [0, 0.05) is 23.3 Å². The van der Waals surface area contributed by atoms with Gasteiger partial charge < -0.3 is 11.1 Å². The number of thiophene rings is 1. The largest absolute Gasteiger partial charge is 0.397 e. The van der Waals surface area contributed by atoms with Gasteiger partial charge in [-0.1, -0.05) is 0 Å². The minimum absolute atomic E-state index is 0.0299. The summed E-state index contributed by atoms with van der Waals surface area (Å²) in [6, 6.07) is 6.26. The number of nitrogens with zero attached hydrogens (tertiary/aromatic N) is 1. The van der Waals surface area contributed by atoms with Gasteiger partial charge in [0.2, 0.25) is 0 Å². The third-order valence-electron chi connectivity index (χ3n) is 2.83. The molecule has 1 amide bonds. The monoisotopic (exact) mass is 305 g/mol. The summed E-state index contributed by atoms with van der Waals surface area (Å²) in [7, 11) is 0. The van der Waals surface area contributed by atoms with Crippen LogP contribution >= 0.6 is 11.3 Å². The number of anilines is 2. The van der Waals surface area contributed by atoms with Crippen molar-refractivity contribution < 1.29 is 13.6 Å². The van der Waals surface area contributed by atoms with Crippen molar-refractivity contribution in [3.63, 3.8) is 0 Å². The molecule has 2 heterocycles. The van der Waals surface area contributed by atoms with Crippen LogP contribution in [0.2, 0.25) is 0 Å². The second kappa shape index (κ2) is 5.10. The zero-order valence-corrected chi connectivity index (χ0v) is 11.4. The minimum Gasteiger partial charge on any atom is -0.397 e. The van der Waals surface area contributed by atoms with E-state index in [1.165, 1.54) is 0 Å². The summed E-state index contributed by atoms with van der Waals surface area (Å²) in [5, 5.41) is 3.10. The lowest BCUT2D eigenvalue weighted by Crippen LogP contribution is -2.12. The Hall–Kier alpha value is -2.54. The van der Waals surface area contributed by atoms with E-state index in [4.69, 9.17) is 5.73 Å². The molecule has 0 aliphatic rings. The van der Waals surface area contributed by atoms with E-state index in [0.717, 1.165) is 29.5 Å². The molecule has 0 saturated heterocycles. The lowest BCUT2D eigenvalue weighted by atomic mass is 10.2. The van der Waals surface area contributed by atoms with Gasteiger partial charge in [-0.15, -0.1) is 11.3 Å². The maximum atomic E-state index is 13.1. The molecule has 21 heavy (non-hydrogen) atoms. The van der Waals surface area contributed by atoms with E-state index in [1.807, 2.05) is 0 Å². The zero-order chi connectivity index (χ0) is 15.0. The Kier molecular flexibility index (Phi) is 3.26. The van der Waals surface area contributed by atoms with E-state index in [9.17, 15) is 13.6 Å². The van der Waals surface area contributed by atoms with Crippen LogP contribution in [0.15, 0.2) is 36.5 Å². The third kappa shape index (κ3) is 2.55. The lowest BCUT2D eigenvalue weighted by Gasteiger charge is -2.04. The molecule has 4 nitrogen and oxygen atoms in total. The van der Waals surface area contributed by atoms with Crippen LogP contribution < -0.4 is 11.1 Å². The molecule has 0 radical (unpaired) electrons. The zero-order valence-electron chi connectivity index (χ0n) is 10.6. The van der Waals surface area contributed by atoms with Gasteiger partial charge in [-0.25, -0.2) is 13.8 Å². The standard InChI is InChI=1S/C14H9F2N3OS/c15-7-4-8(16)6-9(5-7)19-13(20)12-11(17)10-2-1-3-18-14(10)21-12/h1-6H,17H2,(H,19,20). The highest BCUT2D eigenvalue weighted by Crippen LogP contribution is 2.32. The van der Waals surface area contributed by atoms with Crippen molar-refractivity contribution in [2.75, 3.05) is 11.1 Å². The molecule has 0 fully saturated rings. The Labute approximate surface area is 122 Å². The van der Waals surface area contributed by atoms with Crippen molar-refractivity contribution >= 4 is 38.8 Å². The molecule has 3 N–H and O–H groups in total. The highest BCUT2D eigenvalue weighted by molar-refractivity contribution is 7.21. The second-order valence-corrected chi connectivity index (χ2v) is 5.31. The molecule has 0 aliphatic carbocycles. The first kappa shape index (κ1) is 13.4. The van der Waals surface area contributed by atoms with Crippen LogP contribution in [0.1, 0.15) is 9.67 Å². The van der Waals surface area contributed by atoms with Gasteiger partial charge in [-0.3, -0.25) is 4.79 Å². The van der Waals surface area contributed by atoms with Gasteiger partial charge in [-0.05, 0) is 24.3 Å². The number of hydrogen-bond donors (Lipinski definition) is 2. The number of nitrogen functional groups attached to an aromatic ring is 1. The van der Waals surface area contributed by atoms with Crippen molar-refractivity contribution in [1.29, 1.82) is 0 Å². The van der Waals surface area contributed by atoms with Gasteiger partial charge >= 0.3 is 0 Å². The Morgan fingerprint density at radius 2 is 1.95 bits per heavy atom. The van der Waals surface area contributed by atoms with E-state index in [1.54, 1.807) is 18.3 Å². The number of carbonyl (C=O) groups is 1. The molecule has 0 saturated carbocycles. The Morgan fingerprint density at radius 3 is 2.62 bits per heavy atom. The number of benzene rings is 1. The number of halogens is 2. The number of nitrogens with one attached hydrogen (secondary N) is 1. The summed E-state index contributed by atoms with van der Waals surface area (Å²) in [6.07, 6.45) is 1.60. The maximum absolute atomic E-state index is 13.1. The predicted octanol–water partition coefficient (Wildman–Crippen LogP) is 3.41. The molecular weight excluding hydrogens is 296 g/mol. The molecule has 0 unspecified atom stereocenters. The van der Waals surface area contributed by atoms with Crippen molar-refractivity contribution in [2.24, 2.45) is 0 Å². The van der Waals surface area contributed by atoms with E-state index in [2.05, 4.69) is 10.3 Å². The van der Waals surface area contributed by atoms with Crippen molar-refractivity contribution in [2.45, 2.75) is 0 Å². The fourth-order valence-corrected chi connectivity index (χ4v) is 2.89. The smallest absolute Gasteiger partial charge is 0.267 e. The van der Waals surface area contributed by atoms with Gasteiger partial charge in [0.25, 0.3) is 5.91 Å². The van der Waals surface area contributed by atoms with Crippen molar-refractivity contribution in [1.82, 2.24) is 4.98 Å². The number of nitrogens with two attached hydrogens (primary N) is 1. The molecule has 0 spiro atoms. The average molecular weight is 305 g/mol. The number of fused-ring (bicyclic) bond motifs is 1. The molecule has 3 rings (SSSR count). The molecule has 0 aliphatic heterocycles. The fraction of sp³-hybridized carbons (Fsp3) is 0. The highest BCUT2D eigenvalue weighted by atomic mass is 32.1. The van der Waals surface area contributed by atoms with Gasteiger partial charge in [0.15, 0.2) is 0 Å². The van der Waals surface area contributed by atoms with Crippen LogP contribution in [0.5, 0.6) is 0 Å². The molecule has 0 bridgehead atoms. The summed E-state index contributed by atoms with van der Waals surface area (Å²) < 4.78 is 26.2. The Bertz CT molecular complexity index is 827. The number of amides is 1. The molecule has 3 aromatic rings. The maximum Gasteiger partial charge on any atom is 0.267 e. The van der Waals surface area contributed by atoms with Crippen LogP contribution in [-0.2, 0) is 0 Å². The normalized spacial score (nSPS) is 10.8. The first-order valence-corrected chi connectivity index (χ1v) is 6.76. The lowest BCUT2D eigenvalue weighted by molar-refractivity contribution is 0.103.